The van der Waals surface area contributed by atoms with Gasteiger partial charge in [-0.3, -0.25) is 9.78 Å². The average Bonchev–Trinajstić information content (AvgIpc) is 3.04. The van der Waals surface area contributed by atoms with Crippen molar-refractivity contribution in [3.05, 3.63) is 41.8 Å². The molecular formula is C19H20FNO2. The Labute approximate surface area is 134 Å². The maximum Gasteiger partial charge on any atom is 0.303 e. The van der Waals surface area contributed by atoms with Crippen LogP contribution in [0.1, 0.15) is 43.6 Å². The third kappa shape index (κ3) is 2.71. The first-order chi connectivity index (χ1) is 11.1. The number of halogens is 1. The molecule has 23 heavy (non-hydrogen) atoms. The van der Waals surface area contributed by atoms with Crippen molar-refractivity contribution in [3.8, 4) is 0 Å². The minimum absolute atomic E-state index is 0.216. The molecule has 1 heterocycles. The lowest BCUT2D eigenvalue weighted by molar-refractivity contribution is -0.138. The van der Waals surface area contributed by atoms with Crippen LogP contribution in [0.2, 0.25) is 0 Å². The van der Waals surface area contributed by atoms with Gasteiger partial charge in [-0.25, -0.2) is 4.39 Å². The van der Waals surface area contributed by atoms with Gasteiger partial charge in [-0.15, -0.1) is 0 Å². The largest absolute Gasteiger partial charge is 0.481 e. The average molecular weight is 313 g/mol. The summed E-state index contributed by atoms with van der Waals surface area (Å²) in [6.45, 7) is 0. The lowest BCUT2D eigenvalue weighted by atomic mass is 9.90. The number of carboxylic acid groups (broad SMARTS) is 1. The highest BCUT2D eigenvalue weighted by molar-refractivity contribution is 5.82. The van der Waals surface area contributed by atoms with E-state index in [0.717, 1.165) is 36.6 Å². The van der Waals surface area contributed by atoms with Gasteiger partial charge in [-0.1, -0.05) is 0 Å². The second kappa shape index (κ2) is 5.59. The van der Waals surface area contributed by atoms with Crippen molar-refractivity contribution in [2.24, 2.45) is 17.8 Å². The monoisotopic (exact) mass is 313 g/mol. The highest BCUT2D eigenvalue weighted by atomic mass is 19.1. The van der Waals surface area contributed by atoms with Gasteiger partial charge in [0.25, 0.3) is 0 Å². The molecule has 0 radical (unpaired) electrons. The van der Waals surface area contributed by atoms with Crippen LogP contribution in [0.5, 0.6) is 0 Å². The van der Waals surface area contributed by atoms with E-state index in [1.165, 1.54) is 11.6 Å². The van der Waals surface area contributed by atoms with Crippen LogP contribution in [0.25, 0.3) is 10.9 Å². The molecule has 0 spiro atoms. The Kier molecular flexibility index (Phi) is 3.55. The number of hydrogen-bond acceptors (Lipinski definition) is 2. The number of hydrogen-bond donors (Lipinski definition) is 1. The lowest BCUT2D eigenvalue weighted by Gasteiger charge is -2.16. The quantitative estimate of drug-likeness (QED) is 0.915. The number of aliphatic carboxylic acids is 1. The van der Waals surface area contributed by atoms with Crippen LogP contribution in [0.3, 0.4) is 0 Å². The summed E-state index contributed by atoms with van der Waals surface area (Å²) in [5, 5.41) is 9.90. The molecule has 2 fully saturated rings. The van der Waals surface area contributed by atoms with Gasteiger partial charge in [0.05, 0.1) is 5.52 Å². The fourth-order valence-electron chi connectivity index (χ4n) is 4.91. The van der Waals surface area contributed by atoms with E-state index < -0.39 is 5.97 Å². The van der Waals surface area contributed by atoms with E-state index in [9.17, 15) is 9.18 Å². The van der Waals surface area contributed by atoms with E-state index in [1.807, 2.05) is 12.3 Å². The second-order valence-corrected chi connectivity index (χ2v) is 7.19. The molecule has 4 heteroatoms. The van der Waals surface area contributed by atoms with Crippen molar-refractivity contribution < 1.29 is 14.3 Å². The number of fused-ring (bicyclic) bond motifs is 2. The second-order valence-electron chi connectivity index (χ2n) is 7.19. The Hall–Kier alpha value is -1.97. The summed E-state index contributed by atoms with van der Waals surface area (Å²) in [4.78, 5) is 15.2. The Morgan fingerprint density at radius 3 is 2.61 bits per heavy atom. The van der Waals surface area contributed by atoms with Crippen LogP contribution >= 0.6 is 0 Å². The lowest BCUT2D eigenvalue weighted by Crippen LogP contribution is -2.06. The molecule has 1 aromatic heterocycles. The van der Waals surface area contributed by atoms with E-state index >= 15 is 0 Å². The number of carboxylic acids is 1. The molecule has 0 aliphatic heterocycles. The maximum absolute atomic E-state index is 13.6. The maximum atomic E-state index is 13.6. The Morgan fingerprint density at radius 1 is 1.17 bits per heavy atom. The van der Waals surface area contributed by atoms with Gasteiger partial charge >= 0.3 is 5.97 Å². The molecule has 3 nitrogen and oxygen atoms in total. The minimum atomic E-state index is -0.679. The molecule has 0 saturated heterocycles. The van der Waals surface area contributed by atoms with Crippen molar-refractivity contribution in [2.75, 3.05) is 0 Å². The van der Waals surface area contributed by atoms with Crippen molar-refractivity contribution in [2.45, 2.75) is 38.0 Å². The predicted molar refractivity (Wildman–Crippen MR) is 85.6 cm³/mol. The first kappa shape index (κ1) is 14.6. The van der Waals surface area contributed by atoms with Crippen LogP contribution < -0.4 is 0 Å². The van der Waals surface area contributed by atoms with Crippen molar-refractivity contribution in [1.82, 2.24) is 4.98 Å². The van der Waals surface area contributed by atoms with Crippen molar-refractivity contribution in [1.29, 1.82) is 0 Å². The van der Waals surface area contributed by atoms with Gasteiger partial charge in [-0.05, 0) is 79.2 Å². The fraction of sp³-hybridized carbons (Fsp3) is 0.474. The third-order valence-electron chi connectivity index (χ3n) is 5.75. The SMILES string of the molecule is O=C(O)CC1CC2CC(c3ccnc4ccc(F)cc34)C[C@H]2C1. The highest BCUT2D eigenvalue weighted by Gasteiger charge is 2.42. The molecule has 0 amide bonds. The van der Waals surface area contributed by atoms with E-state index in [2.05, 4.69) is 4.98 Å². The summed E-state index contributed by atoms with van der Waals surface area (Å²) >= 11 is 0. The van der Waals surface area contributed by atoms with E-state index in [1.54, 1.807) is 12.1 Å². The van der Waals surface area contributed by atoms with Gasteiger partial charge in [0, 0.05) is 18.0 Å². The molecular weight excluding hydrogens is 293 g/mol. The third-order valence-corrected chi connectivity index (χ3v) is 5.75. The van der Waals surface area contributed by atoms with Crippen molar-refractivity contribution in [3.63, 3.8) is 0 Å². The smallest absolute Gasteiger partial charge is 0.303 e. The van der Waals surface area contributed by atoms with Crippen LogP contribution in [0, 0.1) is 23.6 Å². The molecule has 1 N–H and O–H groups in total. The highest BCUT2D eigenvalue weighted by Crippen LogP contribution is 2.53. The number of aromatic nitrogens is 1. The first-order valence-electron chi connectivity index (χ1n) is 8.36. The summed E-state index contributed by atoms with van der Waals surface area (Å²) in [5.74, 6) is 1.15. The van der Waals surface area contributed by atoms with E-state index in [4.69, 9.17) is 5.11 Å². The van der Waals surface area contributed by atoms with Gasteiger partial charge < -0.3 is 5.11 Å². The Balaban J connectivity index is 1.56. The summed E-state index contributed by atoms with van der Waals surface area (Å²) in [6, 6.07) is 6.83. The topological polar surface area (TPSA) is 50.2 Å². The van der Waals surface area contributed by atoms with Crippen LogP contribution in [0.15, 0.2) is 30.5 Å². The summed E-state index contributed by atoms with van der Waals surface area (Å²) in [7, 11) is 0. The Morgan fingerprint density at radius 2 is 1.91 bits per heavy atom. The summed E-state index contributed by atoms with van der Waals surface area (Å²) < 4.78 is 13.6. The summed E-state index contributed by atoms with van der Waals surface area (Å²) in [5.41, 5.74) is 2.06. The molecule has 2 aliphatic rings. The molecule has 2 aromatic rings. The number of benzene rings is 1. The van der Waals surface area contributed by atoms with Crippen LogP contribution in [-0.2, 0) is 4.79 Å². The zero-order valence-electron chi connectivity index (χ0n) is 12.9. The standard InChI is InChI=1S/C19H20FNO2/c20-15-1-2-18-17(10-15)16(3-4-21-18)14-8-12-5-11(7-19(22)23)6-13(12)9-14/h1-4,10-14H,5-9H2,(H,22,23)/t11?,12-,13?,14?/m1/s1. The summed E-state index contributed by atoms with van der Waals surface area (Å²) in [6.07, 6.45) is 6.38. The number of pyridine rings is 1. The molecule has 4 rings (SSSR count). The predicted octanol–water partition coefficient (Wildman–Crippen LogP) is 4.37. The molecule has 0 bridgehead atoms. The molecule has 120 valence electrons. The van der Waals surface area contributed by atoms with Crippen LogP contribution in [0.4, 0.5) is 4.39 Å². The number of carbonyl (C=O) groups is 1. The molecule has 1 aromatic carbocycles. The number of rotatable bonds is 3. The number of nitrogens with zero attached hydrogens (tertiary/aromatic N) is 1. The van der Waals surface area contributed by atoms with Crippen LogP contribution in [-0.4, -0.2) is 16.1 Å². The zero-order valence-corrected chi connectivity index (χ0v) is 12.9. The van der Waals surface area contributed by atoms with Gasteiger partial charge in [0.1, 0.15) is 5.82 Å². The molecule has 3 unspecified atom stereocenters. The van der Waals surface area contributed by atoms with Crippen molar-refractivity contribution >= 4 is 16.9 Å². The van der Waals surface area contributed by atoms with Gasteiger partial charge in [-0.2, -0.15) is 0 Å². The van der Waals surface area contributed by atoms with E-state index in [0.29, 0.717) is 30.1 Å². The molecule has 4 atom stereocenters. The molecule has 2 aliphatic carbocycles. The van der Waals surface area contributed by atoms with Gasteiger partial charge in [0.2, 0.25) is 0 Å². The zero-order chi connectivity index (χ0) is 16.0. The Bertz CT molecular complexity index is 746. The minimum Gasteiger partial charge on any atom is -0.481 e. The fourth-order valence-corrected chi connectivity index (χ4v) is 4.91. The molecule has 2 saturated carbocycles. The first-order valence-corrected chi connectivity index (χ1v) is 8.36. The van der Waals surface area contributed by atoms with E-state index in [-0.39, 0.29) is 5.82 Å². The van der Waals surface area contributed by atoms with Gasteiger partial charge in [0.15, 0.2) is 0 Å². The normalized spacial score (nSPS) is 29.8.